The molecule has 0 fully saturated rings. The van der Waals surface area contributed by atoms with Gasteiger partial charge < -0.3 is 15.8 Å². The van der Waals surface area contributed by atoms with Crippen LogP contribution in [0.1, 0.15) is 26.7 Å². The molecule has 13 heavy (non-hydrogen) atoms. The third-order valence-corrected chi connectivity index (χ3v) is 2.18. The van der Waals surface area contributed by atoms with Crippen molar-refractivity contribution in [2.45, 2.75) is 32.2 Å². The van der Waals surface area contributed by atoms with E-state index in [1.165, 1.54) is 0 Å². The number of ether oxygens (including phenoxy) is 1. The summed E-state index contributed by atoms with van der Waals surface area (Å²) in [6, 6.07) is 0. The number of carbonyl (C=O) groups excluding carboxylic acids is 1. The van der Waals surface area contributed by atoms with Gasteiger partial charge in [0.2, 0.25) is 5.91 Å². The van der Waals surface area contributed by atoms with Gasteiger partial charge in [-0.2, -0.15) is 0 Å². The third kappa shape index (κ3) is 3.32. The Morgan fingerprint density at radius 1 is 1.54 bits per heavy atom. The lowest BCUT2D eigenvalue weighted by atomic mass is 9.96. The van der Waals surface area contributed by atoms with Crippen molar-refractivity contribution < 1.29 is 9.53 Å². The molecular weight excluding hydrogens is 168 g/mol. The van der Waals surface area contributed by atoms with Gasteiger partial charge in [0.25, 0.3) is 0 Å². The summed E-state index contributed by atoms with van der Waals surface area (Å²) in [6.45, 7) is 5.08. The minimum atomic E-state index is -0.690. The van der Waals surface area contributed by atoms with Crippen LogP contribution in [0.2, 0.25) is 0 Å². The molecule has 0 aliphatic rings. The van der Waals surface area contributed by atoms with E-state index in [0.29, 0.717) is 13.0 Å². The predicted molar refractivity (Wildman–Crippen MR) is 52.4 cm³/mol. The van der Waals surface area contributed by atoms with Gasteiger partial charge in [0, 0.05) is 7.11 Å². The molecule has 0 heterocycles. The minimum absolute atomic E-state index is 0.332. The molecule has 0 radical (unpaired) electrons. The largest absolute Gasteiger partial charge is 0.382 e. The molecule has 0 spiro atoms. The van der Waals surface area contributed by atoms with Crippen LogP contribution in [0.25, 0.3) is 0 Å². The number of hydrogen-bond acceptors (Lipinski definition) is 3. The van der Waals surface area contributed by atoms with E-state index in [9.17, 15) is 4.79 Å². The van der Waals surface area contributed by atoms with Gasteiger partial charge in [0.15, 0.2) is 0 Å². The molecule has 1 atom stereocenters. The van der Waals surface area contributed by atoms with Crippen molar-refractivity contribution in [2.24, 2.45) is 5.73 Å². The quantitative estimate of drug-likeness (QED) is 0.602. The third-order valence-electron chi connectivity index (χ3n) is 2.18. The molecule has 0 aromatic carbocycles. The highest BCUT2D eigenvalue weighted by Gasteiger charge is 2.33. The Morgan fingerprint density at radius 3 is 2.46 bits per heavy atom. The minimum Gasteiger partial charge on any atom is -0.382 e. The van der Waals surface area contributed by atoms with Crippen LogP contribution in [-0.2, 0) is 9.53 Å². The van der Waals surface area contributed by atoms with Gasteiger partial charge >= 0.3 is 0 Å². The number of amides is 1. The van der Waals surface area contributed by atoms with Crippen molar-refractivity contribution in [1.82, 2.24) is 5.32 Å². The summed E-state index contributed by atoms with van der Waals surface area (Å²) < 4.78 is 4.99. The first-order chi connectivity index (χ1) is 6.13. The normalized spacial score (nSPS) is 15.3. The first-order valence-corrected chi connectivity index (χ1v) is 4.66. The van der Waals surface area contributed by atoms with Gasteiger partial charge in [0.1, 0.15) is 5.54 Å². The van der Waals surface area contributed by atoms with Crippen LogP contribution in [0.15, 0.2) is 0 Å². The standard InChI is InChI=1S/C9H20N2O2/c1-4-6-11-9(5-2,7-13-3)8(10)12/h11H,4-7H2,1-3H3,(H2,10,12). The predicted octanol–water partition coefficient (Wildman–Crippen LogP) is 0.267. The summed E-state index contributed by atoms with van der Waals surface area (Å²) >= 11 is 0. The fourth-order valence-electron chi connectivity index (χ4n) is 1.22. The summed E-state index contributed by atoms with van der Waals surface area (Å²) in [5.74, 6) is -0.342. The van der Waals surface area contributed by atoms with E-state index in [0.717, 1.165) is 13.0 Å². The molecule has 0 aliphatic heterocycles. The van der Waals surface area contributed by atoms with Gasteiger partial charge in [-0.1, -0.05) is 13.8 Å². The molecule has 1 unspecified atom stereocenters. The summed E-state index contributed by atoms with van der Waals surface area (Å²) in [5.41, 5.74) is 4.64. The average Bonchev–Trinajstić information content (AvgIpc) is 2.12. The number of methoxy groups -OCH3 is 1. The van der Waals surface area contributed by atoms with E-state index in [-0.39, 0.29) is 5.91 Å². The van der Waals surface area contributed by atoms with Crippen molar-refractivity contribution in [2.75, 3.05) is 20.3 Å². The summed E-state index contributed by atoms with van der Waals surface area (Å²) in [4.78, 5) is 11.2. The summed E-state index contributed by atoms with van der Waals surface area (Å²) in [7, 11) is 1.57. The van der Waals surface area contributed by atoms with Gasteiger partial charge in [-0.3, -0.25) is 4.79 Å². The van der Waals surface area contributed by atoms with Crippen LogP contribution >= 0.6 is 0 Å². The molecule has 0 aromatic rings. The smallest absolute Gasteiger partial charge is 0.240 e. The Hall–Kier alpha value is -0.610. The van der Waals surface area contributed by atoms with Crippen molar-refractivity contribution in [3.05, 3.63) is 0 Å². The van der Waals surface area contributed by atoms with E-state index in [1.54, 1.807) is 7.11 Å². The van der Waals surface area contributed by atoms with Crippen LogP contribution in [0.3, 0.4) is 0 Å². The zero-order chi connectivity index (χ0) is 10.3. The highest BCUT2D eigenvalue weighted by molar-refractivity contribution is 5.84. The molecule has 1 amide bonds. The second-order valence-electron chi connectivity index (χ2n) is 3.16. The molecule has 0 aromatic heterocycles. The fourth-order valence-corrected chi connectivity index (χ4v) is 1.22. The molecule has 0 saturated carbocycles. The average molecular weight is 188 g/mol. The zero-order valence-corrected chi connectivity index (χ0v) is 8.72. The van der Waals surface area contributed by atoms with Crippen molar-refractivity contribution in [3.8, 4) is 0 Å². The number of carbonyl (C=O) groups is 1. The molecule has 0 bridgehead atoms. The van der Waals surface area contributed by atoms with E-state index in [2.05, 4.69) is 5.32 Å². The maximum Gasteiger partial charge on any atom is 0.240 e. The SMILES string of the molecule is CCCNC(CC)(COC)C(N)=O. The molecular formula is C9H20N2O2. The first-order valence-electron chi connectivity index (χ1n) is 4.66. The molecule has 0 rings (SSSR count). The Bertz CT molecular complexity index is 162. The van der Waals surface area contributed by atoms with Gasteiger partial charge in [0.05, 0.1) is 6.61 Å². The van der Waals surface area contributed by atoms with Crippen molar-refractivity contribution in [1.29, 1.82) is 0 Å². The van der Waals surface area contributed by atoms with Crippen LogP contribution in [0.4, 0.5) is 0 Å². The summed E-state index contributed by atoms with van der Waals surface area (Å²) in [5, 5.41) is 3.13. The maximum absolute atomic E-state index is 11.2. The molecule has 0 saturated heterocycles. The molecule has 78 valence electrons. The Kier molecular flexibility index (Phi) is 5.66. The number of hydrogen-bond donors (Lipinski definition) is 2. The van der Waals surface area contributed by atoms with Gasteiger partial charge in [-0.05, 0) is 19.4 Å². The Morgan fingerprint density at radius 2 is 2.15 bits per heavy atom. The highest BCUT2D eigenvalue weighted by Crippen LogP contribution is 2.09. The fraction of sp³-hybridized carbons (Fsp3) is 0.889. The van der Waals surface area contributed by atoms with Crippen LogP contribution in [0, 0.1) is 0 Å². The number of primary amides is 1. The molecule has 3 N–H and O–H groups in total. The topological polar surface area (TPSA) is 64.3 Å². The van der Waals surface area contributed by atoms with Gasteiger partial charge in [-0.15, -0.1) is 0 Å². The first kappa shape index (κ1) is 12.4. The second kappa shape index (κ2) is 5.94. The number of nitrogens with two attached hydrogens (primary N) is 1. The monoisotopic (exact) mass is 188 g/mol. The van der Waals surface area contributed by atoms with Crippen LogP contribution < -0.4 is 11.1 Å². The van der Waals surface area contributed by atoms with Crippen LogP contribution in [0.5, 0.6) is 0 Å². The maximum atomic E-state index is 11.2. The van der Waals surface area contributed by atoms with Crippen molar-refractivity contribution >= 4 is 5.91 Å². The lowest BCUT2D eigenvalue weighted by molar-refractivity contribution is -0.126. The lowest BCUT2D eigenvalue weighted by Gasteiger charge is -2.29. The van der Waals surface area contributed by atoms with E-state index in [1.807, 2.05) is 13.8 Å². The zero-order valence-electron chi connectivity index (χ0n) is 8.72. The van der Waals surface area contributed by atoms with E-state index in [4.69, 9.17) is 10.5 Å². The number of rotatable bonds is 7. The number of nitrogens with one attached hydrogen (secondary N) is 1. The van der Waals surface area contributed by atoms with Crippen LogP contribution in [-0.4, -0.2) is 31.7 Å². The highest BCUT2D eigenvalue weighted by atomic mass is 16.5. The lowest BCUT2D eigenvalue weighted by Crippen LogP contribution is -2.58. The van der Waals surface area contributed by atoms with Crippen molar-refractivity contribution in [3.63, 3.8) is 0 Å². The Balaban J connectivity index is 4.35. The van der Waals surface area contributed by atoms with E-state index >= 15 is 0 Å². The molecule has 4 heteroatoms. The van der Waals surface area contributed by atoms with Gasteiger partial charge in [-0.25, -0.2) is 0 Å². The Labute approximate surface area is 79.8 Å². The second-order valence-corrected chi connectivity index (χ2v) is 3.16. The summed E-state index contributed by atoms with van der Waals surface area (Å²) in [6.07, 6.45) is 1.62. The molecule has 4 nitrogen and oxygen atoms in total. The molecule has 0 aliphatic carbocycles. The van der Waals surface area contributed by atoms with E-state index < -0.39 is 5.54 Å².